The minimum atomic E-state index is -3.05. The number of sulfone groups is 1. The molecule has 8 nitrogen and oxygen atoms in total. The third kappa shape index (κ3) is 5.60. The molecule has 0 radical (unpaired) electrons. The van der Waals surface area contributed by atoms with Crippen LogP contribution in [0.4, 0.5) is 0 Å². The number of thioether (sulfide) groups is 1. The number of amides is 1. The maximum absolute atomic E-state index is 12.8. The van der Waals surface area contributed by atoms with Crippen LogP contribution in [0.5, 0.6) is 0 Å². The van der Waals surface area contributed by atoms with Crippen molar-refractivity contribution in [2.75, 3.05) is 29.6 Å². The quantitative estimate of drug-likeness (QED) is 0.494. The van der Waals surface area contributed by atoms with E-state index in [-0.39, 0.29) is 34.6 Å². The van der Waals surface area contributed by atoms with Crippen molar-refractivity contribution in [2.24, 2.45) is 0 Å². The highest BCUT2D eigenvalue weighted by Gasteiger charge is 2.34. The van der Waals surface area contributed by atoms with Gasteiger partial charge in [-0.15, -0.1) is 10.2 Å². The highest BCUT2D eigenvalue weighted by Crippen LogP contribution is 2.27. The second kappa shape index (κ2) is 9.20. The summed E-state index contributed by atoms with van der Waals surface area (Å²) in [4.78, 5) is 14.5. The molecular weight excluding hydrogens is 434 g/mol. The van der Waals surface area contributed by atoms with Crippen molar-refractivity contribution >= 4 is 27.5 Å². The van der Waals surface area contributed by atoms with Crippen molar-refractivity contribution in [2.45, 2.75) is 57.1 Å². The number of nitrogen functional groups attached to an aromatic ring is 1. The Labute approximate surface area is 188 Å². The van der Waals surface area contributed by atoms with Crippen LogP contribution in [0, 0.1) is 0 Å². The molecule has 0 unspecified atom stereocenters. The first-order valence-corrected chi connectivity index (χ1v) is 13.3. The van der Waals surface area contributed by atoms with Gasteiger partial charge in [0.15, 0.2) is 15.7 Å². The number of nitrogens with two attached hydrogens (primary N) is 1. The molecule has 0 aliphatic carbocycles. The van der Waals surface area contributed by atoms with E-state index in [1.807, 2.05) is 19.1 Å². The monoisotopic (exact) mass is 465 g/mol. The van der Waals surface area contributed by atoms with Crippen molar-refractivity contribution in [1.82, 2.24) is 19.8 Å². The van der Waals surface area contributed by atoms with E-state index in [4.69, 9.17) is 5.84 Å². The summed E-state index contributed by atoms with van der Waals surface area (Å²) in [5.41, 5.74) is 2.12. The number of hydrogen-bond acceptors (Lipinski definition) is 7. The largest absolute Gasteiger partial charge is 0.338 e. The average molecular weight is 466 g/mol. The molecule has 1 aromatic heterocycles. The molecule has 2 aromatic rings. The van der Waals surface area contributed by atoms with Crippen LogP contribution in [-0.2, 0) is 20.0 Å². The van der Waals surface area contributed by atoms with E-state index in [9.17, 15) is 13.2 Å². The van der Waals surface area contributed by atoms with E-state index in [1.165, 1.54) is 22.0 Å². The van der Waals surface area contributed by atoms with Crippen LogP contribution in [-0.4, -0.2) is 63.9 Å². The third-order valence-electron chi connectivity index (χ3n) is 5.43. The van der Waals surface area contributed by atoms with Gasteiger partial charge in [-0.05, 0) is 23.8 Å². The van der Waals surface area contributed by atoms with Gasteiger partial charge in [0.05, 0.1) is 17.3 Å². The van der Waals surface area contributed by atoms with Crippen molar-refractivity contribution < 1.29 is 13.2 Å². The zero-order valence-corrected chi connectivity index (χ0v) is 20.2. The highest BCUT2D eigenvalue weighted by atomic mass is 32.2. The van der Waals surface area contributed by atoms with Gasteiger partial charge < -0.3 is 10.7 Å². The Bertz CT molecular complexity index is 1030. The molecule has 1 amide bonds. The van der Waals surface area contributed by atoms with Gasteiger partial charge in [0.2, 0.25) is 11.1 Å². The standard InChI is InChI=1S/C21H31N5O3S2/c1-5-11-25(17-10-12-31(28,29)14-17)18(27)13-30-20-24-23-19(26(20)22)15-6-8-16(9-7-15)21(2,3)4/h6-9,17H,5,10-14,22H2,1-4H3/t17-/m1/s1. The number of benzene rings is 1. The summed E-state index contributed by atoms with van der Waals surface area (Å²) in [6.07, 6.45) is 1.27. The molecule has 10 heteroatoms. The van der Waals surface area contributed by atoms with Crippen LogP contribution in [0.2, 0.25) is 0 Å². The van der Waals surface area contributed by atoms with E-state index >= 15 is 0 Å². The number of rotatable bonds is 7. The van der Waals surface area contributed by atoms with Crippen LogP contribution < -0.4 is 5.84 Å². The molecule has 170 valence electrons. The summed E-state index contributed by atoms with van der Waals surface area (Å²) in [6.45, 7) is 8.98. The molecule has 1 fully saturated rings. The lowest BCUT2D eigenvalue weighted by molar-refractivity contribution is -0.130. The SMILES string of the molecule is CCCN(C(=O)CSc1nnc(-c2ccc(C(C)(C)C)cc2)n1N)[C@@H]1CCS(=O)(=O)C1. The molecule has 2 heterocycles. The molecule has 1 aromatic carbocycles. The van der Waals surface area contributed by atoms with E-state index in [2.05, 4.69) is 43.1 Å². The van der Waals surface area contributed by atoms with Gasteiger partial charge >= 0.3 is 0 Å². The molecule has 1 saturated heterocycles. The fourth-order valence-corrected chi connectivity index (χ4v) is 6.15. The van der Waals surface area contributed by atoms with Crippen molar-refractivity contribution in [3.8, 4) is 11.4 Å². The molecule has 31 heavy (non-hydrogen) atoms. The summed E-state index contributed by atoms with van der Waals surface area (Å²) < 4.78 is 25.1. The lowest BCUT2D eigenvalue weighted by Gasteiger charge is -2.27. The van der Waals surface area contributed by atoms with Gasteiger partial charge in [0.25, 0.3) is 0 Å². The van der Waals surface area contributed by atoms with Crippen LogP contribution >= 0.6 is 11.8 Å². The van der Waals surface area contributed by atoms with Gasteiger partial charge in [0.1, 0.15) is 0 Å². The molecule has 0 saturated carbocycles. The summed E-state index contributed by atoms with van der Waals surface area (Å²) in [6, 6.07) is 7.80. The minimum Gasteiger partial charge on any atom is -0.338 e. The van der Waals surface area contributed by atoms with Crippen LogP contribution in [0.15, 0.2) is 29.4 Å². The maximum atomic E-state index is 12.8. The summed E-state index contributed by atoms with van der Waals surface area (Å²) in [7, 11) is -3.05. The molecule has 2 N–H and O–H groups in total. The first-order valence-electron chi connectivity index (χ1n) is 10.5. The zero-order valence-electron chi connectivity index (χ0n) is 18.5. The predicted octanol–water partition coefficient (Wildman–Crippen LogP) is 2.47. The molecular formula is C21H31N5O3S2. The number of nitrogens with zero attached hydrogens (tertiary/aromatic N) is 4. The summed E-state index contributed by atoms with van der Waals surface area (Å²) in [5.74, 6) is 6.96. The Morgan fingerprint density at radius 3 is 2.48 bits per heavy atom. The van der Waals surface area contributed by atoms with E-state index in [1.54, 1.807) is 4.90 Å². The van der Waals surface area contributed by atoms with Crippen molar-refractivity contribution in [3.05, 3.63) is 29.8 Å². The van der Waals surface area contributed by atoms with Gasteiger partial charge in [-0.1, -0.05) is 63.7 Å². The fraction of sp³-hybridized carbons (Fsp3) is 0.571. The molecule has 1 atom stereocenters. The van der Waals surface area contributed by atoms with E-state index in [0.717, 1.165) is 12.0 Å². The second-order valence-electron chi connectivity index (χ2n) is 8.94. The maximum Gasteiger partial charge on any atom is 0.233 e. The Morgan fingerprint density at radius 1 is 1.26 bits per heavy atom. The predicted molar refractivity (Wildman–Crippen MR) is 124 cm³/mol. The minimum absolute atomic E-state index is 0.0468. The summed E-state index contributed by atoms with van der Waals surface area (Å²) >= 11 is 1.21. The first kappa shape index (κ1) is 23.6. The first-order chi connectivity index (χ1) is 14.5. The fourth-order valence-electron chi connectivity index (χ4n) is 3.67. The Kier molecular flexibility index (Phi) is 7.00. The van der Waals surface area contributed by atoms with E-state index < -0.39 is 9.84 Å². The lowest BCUT2D eigenvalue weighted by atomic mass is 9.87. The highest BCUT2D eigenvalue weighted by molar-refractivity contribution is 7.99. The molecule has 0 bridgehead atoms. The molecule has 1 aliphatic rings. The van der Waals surface area contributed by atoms with Crippen molar-refractivity contribution in [3.63, 3.8) is 0 Å². The van der Waals surface area contributed by atoms with Crippen LogP contribution in [0.1, 0.15) is 46.1 Å². The molecule has 1 aliphatic heterocycles. The normalized spacial score (nSPS) is 18.3. The zero-order chi connectivity index (χ0) is 22.8. The number of carbonyl (C=O) groups excluding carboxylic acids is 1. The Morgan fingerprint density at radius 2 is 1.94 bits per heavy atom. The van der Waals surface area contributed by atoms with Gasteiger partial charge in [-0.25, -0.2) is 13.1 Å². The van der Waals surface area contributed by atoms with Gasteiger partial charge in [-0.3, -0.25) is 4.79 Å². The van der Waals surface area contributed by atoms with Gasteiger partial charge in [-0.2, -0.15) is 0 Å². The third-order valence-corrected chi connectivity index (χ3v) is 8.11. The topological polar surface area (TPSA) is 111 Å². The van der Waals surface area contributed by atoms with Crippen molar-refractivity contribution in [1.29, 1.82) is 0 Å². The number of aromatic nitrogens is 3. The van der Waals surface area contributed by atoms with Crippen LogP contribution in [0.25, 0.3) is 11.4 Å². The van der Waals surface area contributed by atoms with Crippen LogP contribution in [0.3, 0.4) is 0 Å². The average Bonchev–Trinajstić information content (AvgIpc) is 3.25. The number of hydrogen-bond donors (Lipinski definition) is 1. The van der Waals surface area contributed by atoms with E-state index in [0.29, 0.717) is 23.9 Å². The smallest absolute Gasteiger partial charge is 0.233 e. The Hall–Kier alpha value is -2.07. The lowest BCUT2D eigenvalue weighted by Crippen LogP contribution is -2.42. The number of carbonyl (C=O) groups is 1. The summed E-state index contributed by atoms with van der Waals surface area (Å²) in [5, 5.41) is 8.79. The second-order valence-corrected chi connectivity index (χ2v) is 12.1. The molecule has 3 rings (SSSR count). The molecule has 0 spiro atoms. The van der Waals surface area contributed by atoms with Gasteiger partial charge in [0, 0.05) is 18.2 Å². The Balaban J connectivity index is 1.68.